The first-order valence-corrected chi connectivity index (χ1v) is 13.2. The number of hydrogen-bond acceptors (Lipinski definition) is 6. The molecule has 0 unspecified atom stereocenters. The average Bonchev–Trinajstić information content (AvgIpc) is 3.31. The largest absolute Gasteiger partial charge is 0.494 e. The SMILES string of the molecule is C[C@@H]1OC(c2ccc(OCCCO)cc2)=N[C@]1(C/C=C/c1ccccc1)C(=O)NNCc1ccccc1C(F)(F)F. The van der Waals surface area contributed by atoms with E-state index in [2.05, 4.69) is 10.9 Å². The van der Waals surface area contributed by atoms with Gasteiger partial charge in [0, 0.05) is 31.6 Å². The van der Waals surface area contributed by atoms with E-state index in [0.29, 0.717) is 24.3 Å². The van der Waals surface area contributed by atoms with Gasteiger partial charge in [-0.1, -0.05) is 60.7 Å². The Kier molecular flexibility index (Phi) is 9.80. The fourth-order valence-corrected chi connectivity index (χ4v) is 4.40. The summed E-state index contributed by atoms with van der Waals surface area (Å²) in [5.74, 6) is 0.350. The Hall–Kier alpha value is -4.15. The molecule has 10 heteroatoms. The number of nitrogens with one attached hydrogen (secondary N) is 2. The number of carbonyl (C=O) groups is 1. The number of ether oxygens (including phenoxy) is 2. The summed E-state index contributed by atoms with van der Waals surface area (Å²) in [6.07, 6.45) is -0.791. The second-order valence-corrected chi connectivity index (χ2v) is 9.53. The van der Waals surface area contributed by atoms with Crippen molar-refractivity contribution in [2.75, 3.05) is 13.2 Å². The van der Waals surface area contributed by atoms with Crippen LogP contribution >= 0.6 is 0 Å². The third-order valence-electron chi connectivity index (χ3n) is 6.67. The van der Waals surface area contributed by atoms with E-state index < -0.39 is 29.3 Å². The van der Waals surface area contributed by atoms with Crippen molar-refractivity contribution in [2.45, 2.75) is 44.1 Å². The molecule has 2 atom stereocenters. The van der Waals surface area contributed by atoms with Crippen LogP contribution in [-0.2, 0) is 22.3 Å². The van der Waals surface area contributed by atoms with Crippen LogP contribution in [0.3, 0.4) is 0 Å². The van der Waals surface area contributed by atoms with E-state index in [-0.39, 0.29) is 31.0 Å². The lowest BCUT2D eigenvalue weighted by atomic mass is 9.89. The summed E-state index contributed by atoms with van der Waals surface area (Å²) in [6, 6.07) is 21.8. The predicted octanol–water partition coefficient (Wildman–Crippen LogP) is 5.30. The molecule has 3 aromatic rings. The molecule has 0 aliphatic carbocycles. The Morgan fingerprint density at radius 2 is 1.78 bits per heavy atom. The maximum Gasteiger partial charge on any atom is 0.416 e. The Morgan fingerprint density at radius 1 is 1.07 bits per heavy atom. The van der Waals surface area contributed by atoms with Crippen LogP contribution in [0.4, 0.5) is 13.2 Å². The molecule has 0 spiro atoms. The molecule has 1 aliphatic rings. The van der Waals surface area contributed by atoms with Gasteiger partial charge in [0.2, 0.25) is 5.90 Å². The lowest BCUT2D eigenvalue weighted by Crippen LogP contribution is -2.54. The van der Waals surface area contributed by atoms with Gasteiger partial charge < -0.3 is 14.6 Å². The first-order chi connectivity index (χ1) is 19.7. The number of aliphatic hydroxyl groups excluding tert-OH is 1. The van der Waals surface area contributed by atoms with Gasteiger partial charge in [0.1, 0.15) is 11.9 Å². The van der Waals surface area contributed by atoms with Crippen LogP contribution < -0.4 is 15.6 Å². The van der Waals surface area contributed by atoms with Crippen LogP contribution in [-0.4, -0.2) is 41.8 Å². The molecule has 0 radical (unpaired) electrons. The van der Waals surface area contributed by atoms with Crippen molar-refractivity contribution < 1.29 is 32.5 Å². The van der Waals surface area contributed by atoms with Gasteiger partial charge in [-0.25, -0.2) is 10.4 Å². The molecule has 0 saturated heterocycles. The smallest absolute Gasteiger partial charge is 0.416 e. The molecule has 0 fully saturated rings. The first-order valence-electron chi connectivity index (χ1n) is 13.2. The fraction of sp³-hybridized carbons (Fsp3) is 0.290. The zero-order valence-electron chi connectivity index (χ0n) is 22.5. The molecule has 3 aromatic carbocycles. The average molecular weight is 568 g/mol. The third-order valence-corrected chi connectivity index (χ3v) is 6.67. The Labute approximate surface area is 236 Å². The molecule has 1 aliphatic heterocycles. The third kappa shape index (κ3) is 7.53. The highest BCUT2D eigenvalue weighted by atomic mass is 19.4. The van der Waals surface area contributed by atoms with E-state index in [4.69, 9.17) is 19.6 Å². The van der Waals surface area contributed by atoms with Gasteiger partial charge in [0.25, 0.3) is 5.91 Å². The maximum absolute atomic E-state index is 13.6. The standard InChI is InChI=1S/C31H32F3N3O4/c1-22-30(18-7-11-23-9-3-2-4-10-23,29(39)37-35-21-25-12-5-6-13-27(25)31(32,33)34)36-28(41-22)24-14-16-26(17-15-24)40-20-8-19-38/h2-7,9-17,22,35,38H,8,18-21H2,1H3,(H,37,39)/b11-7+/t22-,30-/m0/s1. The first kappa shape index (κ1) is 29.8. The molecule has 3 N–H and O–H groups in total. The van der Waals surface area contributed by atoms with Crippen molar-refractivity contribution in [3.8, 4) is 5.75 Å². The van der Waals surface area contributed by atoms with Crippen LogP contribution in [0.15, 0.2) is 89.9 Å². The molecule has 0 saturated carbocycles. The number of aliphatic imine (C=N–C) groups is 1. The van der Waals surface area contributed by atoms with Crippen molar-refractivity contribution in [2.24, 2.45) is 4.99 Å². The van der Waals surface area contributed by atoms with Gasteiger partial charge in [-0.3, -0.25) is 10.2 Å². The van der Waals surface area contributed by atoms with Crippen molar-refractivity contribution in [1.82, 2.24) is 10.9 Å². The van der Waals surface area contributed by atoms with E-state index in [1.807, 2.05) is 42.5 Å². The summed E-state index contributed by atoms with van der Waals surface area (Å²) in [6.45, 7) is 1.91. The van der Waals surface area contributed by atoms with Crippen LogP contribution in [0, 0.1) is 0 Å². The van der Waals surface area contributed by atoms with Crippen LogP contribution in [0.25, 0.3) is 6.08 Å². The van der Waals surface area contributed by atoms with Gasteiger partial charge in [0.05, 0.1) is 12.2 Å². The highest BCUT2D eigenvalue weighted by Crippen LogP contribution is 2.34. The molecular formula is C31H32F3N3O4. The van der Waals surface area contributed by atoms with Gasteiger partial charge in [-0.05, 0) is 48.4 Å². The summed E-state index contributed by atoms with van der Waals surface area (Å²) in [5, 5.41) is 8.93. The maximum atomic E-state index is 13.6. The summed E-state index contributed by atoms with van der Waals surface area (Å²) in [7, 11) is 0. The summed E-state index contributed by atoms with van der Waals surface area (Å²) in [5.41, 5.74) is 4.64. The lowest BCUT2D eigenvalue weighted by molar-refractivity contribution is -0.138. The van der Waals surface area contributed by atoms with Crippen molar-refractivity contribution in [1.29, 1.82) is 0 Å². The van der Waals surface area contributed by atoms with Crippen LogP contribution in [0.2, 0.25) is 0 Å². The monoisotopic (exact) mass is 567 g/mol. The Morgan fingerprint density at radius 3 is 2.49 bits per heavy atom. The number of benzene rings is 3. The van der Waals surface area contributed by atoms with Crippen molar-refractivity contribution in [3.05, 3.63) is 107 Å². The highest BCUT2D eigenvalue weighted by Gasteiger charge is 2.49. The van der Waals surface area contributed by atoms with E-state index >= 15 is 0 Å². The number of halogens is 3. The summed E-state index contributed by atoms with van der Waals surface area (Å²) in [4.78, 5) is 18.3. The second kappa shape index (κ2) is 13.5. The van der Waals surface area contributed by atoms with Crippen molar-refractivity contribution in [3.63, 3.8) is 0 Å². The number of rotatable bonds is 12. The molecule has 4 rings (SSSR count). The molecule has 0 aromatic heterocycles. The number of alkyl halides is 3. The normalized spacial score (nSPS) is 18.7. The van der Waals surface area contributed by atoms with E-state index in [0.717, 1.165) is 11.6 Å². The zero-order chi connectivity index (χ0) is 29.3. The Balaban J connectivity index is 1.54. The van der Waals surface area contributed by atoms with E-state index in [1.165, 1.54) is 18.2 Å². The number of hydrogen-bond donors (Lipinski definition) is 3. The van der Waals surface area contributed by atoms with Gasteiger partial charge >= 0.3 is 6.18 Å². The number of amides is 1. The highest BCUT2D eigenvalue weighted by molar-refractivity contribution is 6.00. The minimum atomic E-state index is -4.52. The van der Waals surface area contributed by atoms with Crippen LogP contribution in [0.5, 0.6) is 5.75 Å². The topological polar surface area (TPSA) is 92.2 Å². The summed E-state index contributed by atoms with van der Waals surface area (Å²) >= 11 is 0. The minimum Gasteiger partial charge on any atom is -0.494 e. The molecule has 7 nitrogen and oxygen atoms in total. The van der Waals surface area contributed by atoms with Gasteiger partial charge in [-0.15, -0.1) is 0 Å². The number of hydrazine groups is 1. The van der Waals surface area contributed by atoms with Gasteiger partial charge in [-0.2, -0.15) is 13.2 Å². The number of aliphatic hydroxyl groups is 1. The van der Waals surface area contributed by atoms with Crippen molar-refractivity contribution >= 4 is 17.9 Å². The molecule has 0 bridgehead atoms. The van der Waals surface area contributed by atoms with Gasteiger partial charge in [0.15, 0.2) is 5.54 Å². The molecule has 1 amide bonds. The quantitative estimate of drug-likeness (QED) is 0.204. The zero-order valence-corrected chi connectivity index (χ0v) is 22.5. The molecular weight excluding hydrogens is 535 g/mol. The number of carbonyl (C=O) groups excluding carboxylic acids is 1. The van der Waals surface area contributed by atoms with E-state index in [9.17, 15) is 18.0 Å². The Bertz CT molecular complexity index is 1360. The number of nitrogens with zero attached hydrogens (tertiary/aromatic N) is 1. The minimum absolute atomic E-state index is 0.000434. The summed E-state index contributed by atoms with van der Waals surface area (Å²) < 4.78 is 51.8. The van der Waals surface area contributed by atoms with E-state index in [1.54, 1.807) is 31.2 Å². The second-order valence-electron chi connectivity index (χ2n) is 9.53. The van der Waals surface area contributed by atoms with Crippen LogP contribution in [0.1, 0.15) is 42.0 Å². The lowest BCUT2D eigenvalue weighted by Gasteiger charge is -2.27. The molecule has 216 valence electrons. The molecule has 41 heavy (non-hydrogen) atoms. The predicted molar refractivity (Wildman–Crippen MR) is 150 cm³/mol. The molecule has 1 heterocycles. The fourth-order valence-electron chi connectivity index (χ4n) is 4.40.